The number of halogens is 1. The molecule has 0 heterocycles. The largest absolute Gasteiger partial charge is 0.393 e. The zero-order chi connectivity index (χ0) is 13.8. The van der Waals surface area contributed by atoms with Gasteiger partial charge in [0.2, 0.25) is 0 Å². The van der Waals surface area contributed by atoms with Crippen LogP contribution in [-0.2, 0) is 5.75 Å². The van der Waals surface area contributed by atoms with Crippen LogP contribution in [0.2, 0.25) is 5.02 Å². The van der Waals surface area contributed by atoms with Gasteiger partial charge in [-0.25, -0.2) is 0 Å². The van der Waals surface area contributed by atoms with Gasteiger partial charge in [0.15, 0.2) is 0 Å². The van der Waals surface area contributed by atoms with Crippen molar-refractivity contribution in [3.05, 3.63) is 63.2 Å². The number of hydrogen-bond acceptors (Lipinski definition) is 4. The average molecular weight is 295 g/mol. The van der Waals surface area contributed by atoms with Crippen molar-refractivity contribution in [2.24, 2.45) is 0 Å². The summed E-state index contributed by atoms with van der Waals surface area (Å²) < 4.78 is 0. The first-order valence-corrected chi connectivity index (χ1v) is 6.85. The Bertz CT molecular complexity index is 619. The van der Waals surface area contributed by atoms with Crippen LogP contribution >= 0.6 is 23.4 Å². The van der Waals surface area contributed by atoms with Crippen molar-refractivity contribution in [1.82, 2.24) is 0 Å². The van der Waals surface area contributed by atoms with Crippen molar-refractivity contribution in [3.8, 4) is 0 Å². The third-order valence-electron chi connectivity index (χ3n) is 2.55. The normalized spacial score (nSPS) is 10.4. The molecule has 0 saturated heterocycles. The van der Waals surface area contributed by atoms with Crippen LogP contribution in [0.3, 0.4) is 0 Å². The number of nitro benzene ring substituents is 1. The number of para-hydroxylation sites is 1. The highest BCUT2D eigenvalue weighted by Crippen LogP contribution is 2.36. The topological polar surface area (TPSA) is 69.2 Å². The van der Waals surface area contributed by atoms with Crippen LogP contribution in [0, 0.1) is 10.1 Å². The molecule has 0 aliphatic heterocycles. The van der Waals surface area contributed by atoms with Gasteiger partial charge in [-0.3, -0.25) is 10.1 Å². The number of nitrogen functional groups attached to an aromatic ring is 1. The molecule has 98 valence electrons. The minimum Gasteiger partial charge on any atom is -0.393 e. The molecule has 0 aliphatic rings. The van der Waals surface area contributed by atoms with Gasteiger partial charge in [0.05, 0.1) is 9.82 Å². The van der Waals surface area contributed by atoms with Gasteiger partial charge in [-0.05, 0) is 23.8 Å². The maximum absolute atomic E-state index is 11.0. The Kier molecular flexibility index (Phi) is 4.29. The molecule has 2 aromatic carbocycles. The van der Waals surface area contributed by atoms with Crippen LogP contribution in [0.4, 0.5) is 11.4 Å². The SMILES string of the molecule is Nc1cccc(SCc2ccccc2Cl)c1[N+](=O)[O-]. The van der Waals surface area contributed by atoms with Crippen LogP contribution in [0.5, 0.6) is 0 Å². The van der Waals surface area contributed by atoms with Gasteiger partial charge in [-0.15, -0.1) is 11.8 Å². The summed E-state index contributed by atoms with van der Waals surface area (Å²) in [6, 6.07) is 12.3. The Hall–Kier alpha value is -1.72. The molecule has 4 nitrogen and oxygen atoms in total. The molecule has 0 saturated carbocycles. The Labute approximate surface area is 119 Å². The van der Waals surface area contributed by atoms with Crippen molar-refractivity contribution in [2.45, 2.75) is 10.6 Å². The van der Waals surface area contributed by atoms with E-state index in [1.807, 2.05) is 18.2 Å². The predicted octanol–water partition coefficient (Wildman–Crippen LogP) is 4.12. The van der Waals surface area contributed by atoms with Crippen molar-refractivity contribution >= 4 is 34.7 Å². The second kappa shape index (κ2) is 5.95. The highest BCUT2D eigenvalue weighted by Gasteiger charge is 2.18. The zero-order valence-electron chi connectivity index (χ0n) is 9.88. The predicted molar refractivity (Wildman–Crippen MR) is 78.5 cm³/mol. The first-order chi connectivity index (χ1) is 9.09. The van der Waals surface area contributed by atoms with E-state index in [1.165, 1.54) is 17.8 Å². The van der Waals surface area contributed by atoms with E-state index < -0.39 is 4.92 Å². The minimum absolute atomic E-state index is 0.0421. The highest BCUT2D eigenvalue weighted by atomic mass is 35.5. The molecule has 2 rings (SSSR count). The Morgan fingerprint density at radius 1 is 1.21 bits per heavy atom. The van der Waals surface area contributed by atoms with Crippen LogP contribution in [0.25, 0.3) is 0 Å². The summed E-state index contributed by atoms with van der Waals surface area (Å²) >= 11 is 7.40. The minimum atomic E-state index is -0.454. The van der Waals surface area contributed by atoms with Crippen molar-refractivity contribution < 1.29 is 4.92 Å². The van der Waals surface area contributed by atoms with E-state index in [9.17, 15) is 10.1 Å². The van der Waals surface area contributed by atoms with Crippen LogP contribution < -0.4 is 5.73 Å². The summed E-state index contributed by atoms with van der Waals surface area (Å²) in [6.07, 6.45) is 0. The first-order valence-electron chi connectivity index (χ1n) is 5.48. The lowest BCUT2D eigenvalue weighted by atomic mass is 10.2. The monoisotopic (exact) mass is 294 g/mol. The fourth-order valence-electron chi connectivity index (χ4n) is 1.62. The van der Waals surface area contributed by atoms with Gasteiger partial charge >= 0.3 is 5.69 Å². The lowest BCUT2D eigenvalue weighted by Crippen LogP contribution is -1.97. The molecule has 6 heteroatoms. The fourth-order valence-corrected chi connectivity index (χ4v) is 2.97. The van der Waals surface area contributed by atoms with Gasteiger partial charge < -0.3 is 5.73 Å². The Morgan fingerprint density at radius 2 is 1.95 bits per heavy atom. The van der Waals surface area contributed by atoms with E-state index in [0.29, 0.717) is 15.7 Å². The van der Waals surface area contributed by atoms with Crippen molar-refractivity contribution in [3.63, 3.8) is 0 Å². The highest BCUT2D eigenvalue weighted by molar-refractivity contribution is 7.98. The lowest BCUT2D eigenvalue weighted by molar-refractivity contribution is -0.386. The molecule has 0 atom stereocenters. The number of benzene rings is 2. The Balaban J connectivity index is 2.23. The third-order valence-corrected chi connectivity index (χ3v) is 4.02. The summed E-state index contributed by atoms with van der Waals surface area (Å²) in [5.41, 5.74) is 6.71. The van der Waals surface area contributed by atoms with Gasteiger partial charge in [0.25, 0.3) is 0 Å². The smallest absolute Gasteiger partial charge is 0.305 e. The number of anilines is 1. The van der Waals surface area contributed by atoms with Gasteiger partial charge in [-0.2, -0.15) is 0 Å². The summed E-state index contributed by atoms with van der Waals surface area (Å²) in [7, 11) is 0. The van der Waals surface area contributed by atoms with Gasteiger partial charge in [0, 0.05) is 10.8 Å². The van der Waals surface area contributed by atoms with E-state index >= 15 is 0 Å². The first kappa shape index (κ1) is 13.7. The molecule has 2 N–H and O–H groups in total. The second-order valence-corrected chi connectivity index (χ2v) is 5.26. The number of rotatable bonds is 4. The van der Waals surface area contributed by atoms with Gasteiger partial charge in [-0.1, -0.05) is 35.9 Å². The van der Waals surface area contributed by atoms with E-state index in [1.54, 1.807) is 18.2 Å². The molecular weight excluding hydrogens is 284 g/mol. The molecule has 0 unspecified atom stereocenters. The molecule has 0 aliphatic carbocycles. The van der Waals surface area contributed by atoms with Gasteiger partial charge in [0.1, 0.15) is 5.69 Å². The number of nitrogens with two attached hydrogens (primary N) is 1. The van der Waals surface area contributed by atoms with Crippen molar-refractivity contribution in [2.75, 3.05) is 5.73 Å². The summed E-state index contributed by atoms with van der Waals surface area (Å²) in [4.78, 5) is 11.1. The molecule has 19 heavy (non-hydrogen) atoms. The number of hydrogen-bond donors (Lipinski definition) is 1. The molecule has 0 bridgehead atoms. The fraction of sp³-hybridized carbons (Fsp3) is 0.0769. The van der Waals surface area contributed by atoms with Crippen LogP contribution in [-0.4, -0.2) is 4.92 Å². The number of thioether (sulfide) groups is 1. The third kappa shape index (κ3) is 3.19. The molecule has 0 radical (unpaired) electrons. The Morgan fingerprint density at radius 3 is 2.63 bits per heavy atom. The summed E-state index contributed by atoms with van der Waals surface area (Å²) in [5.74, 6) is 0.559. The standard InChI is InChI=1S/C13H11ClN2O2S/c14-10-5-2-1-4-9(10)8-19-12-7-3-6-11(15)13(12)16(17)18/h1-7H,8,15H2. The molecule has 0 fully saturated rings. The van der Waals surface area contributed by atoms with Crippen molar-refractivity contribution in [1.29, 1.82) is 0 Å². The quantitative estimate of drug-likeness (QED) is 0.398. The number of nitrogens with zero attached hydrogens (tertiary/aromatic N) is 1. The van der Waals surface area contributed by atoms with E-state index in [2.05, 4.69) is 0 Å². The van der Waals surface area contributed by atoms with E-state index in [4.69, 9.17) is 17.3 Å². The molecule has 0 amide bonds. The van der Waals surface area contributed by atoms with E-state index in [-0.39, 0.29) is 11.4 Å². The summed E-state index contributed by atoms with van der Waals surface area (Å²) in [6.45, 7) is 0. The van der Waals surface area contributed by atoms with Crippen LogP contribution in [0.1, 0.15) is 5.56 Å². The molecular formula is C13H11ClN2O2S. The molecule has 2 aromatic rings. The lowest BCUT2D eigenvalue weighted by Gasteiger charge is -2.06. The number of nitro groups is 1. The maximum atomic E-state index is 11.0. The zero-order valence-corrected chi connectivity index (χ0v) is 11.4. The average Bonchev–Trinajstić information content (AvgIpc) is 2.37. The second-order valence-electron chi connectivity index (χ2n) is 3.83. The molecule has 0 spiro atoms. The van der Waals surface area contributed by atoms with Crippen LogP contribution in [0.15, 0.2) is 47.4 Å². The molecule has 0 aromatic heterocycles. The summed E-state index contributed by atoms with van der Waals surface area (Å²) in [5, 5.41) is 11.7. The maximum Gasteiger partial charge on any atom is 0.305 e. The van der Waals surface area contributed by atoms with E-state index in [0.717, 1.165) is 5.56 Å².